The monoisotopic (exact) mass is 390 g/mol. The molecule has 1 aliphatic rings. The summed E-state index contributed by atoms with van der Waals surface area (Å²) < 4.78 is 3.22. The lowest BCUT2D eigenvalue weighted by atomic mass is 10.2. The van der Waals surface area contributed by atoms with Crippen molar-refractivity contribution in [2.45, 2.75) is 6.54 Å². The zero-order valence-corrected chi connectivity index (χ0v) is 16.7. The van der Waals surface area contributed by atoms with E-state index in [1.165, 1.54) is 11.3 Å². The fourth-order valence-electron chi connectivity index (χ4n) is 3.92. The van der Waals surface area contributed by atoms with Crippen LogP contribution >= 0.6 is 11.3 Å². The molecule has 0 bridgehead atoms. The molecule has 5 nitrogen and oxygen atoms in total. The Morgan fingerprint density at radius 2 is 1.68 bits per heavy atom. The molecule has 4 aromatic rings. The van der Waals surface area contributed by atoms with Crippen molar-refractivity contribution < 1.29 is 0 Å². The van der Waals surface area contributed by atoms with E-state index in [1.807, 2.05) is 36.4 Å². The van der Waals surface area contributed by atoms with Crippen molar-refractivity contribution in [3.63, 3.8) is 0 Å². The van der Waals surface area contributed by atoms with Crippen molar-refractivity contribution in [1.82, 2.24) is 19.4 Å². The Morgan fingerprint density at radius 3 is 2.46 bits per heavy atom. The van der Waals surface area contributed by atoms with Crippen LogP contribution in [0, 0.1) is 0 Å². The predicted octanol–water partition coefficient (Wildman–Crippen LogP) is 3.35. The van der Waals surface area contributed by atoms with Gasteiger partial charge in [0.05, 0.1) is 12.1 Å². The highest BCUT2D eigenvalue weighted by Crippen LogP contribution is 2.29. The van der Waals surface area contributed by atoms with Gasteiger partial charge in [0.15, 0.2) is 0 Å². The molecule has 5 rings (SSSR count). The van der Waals surface area contributed by atoms with E-state index in [2.05, 4.69) is 39.6 Å². The minimum atomic E-state index is 0.0306. The van der Waals surface area contributed by atoms with Crippen LogP contribution in [-0.4, -0.2) is 52.6 Å². The Labute approximate surface area is 167 Å². The van der Waals surface area contributed by atoms with E-state index in [0.29, 0.717) is 5.52 Å². The first kappa shape index (κ1) is 17.6. The highest BCUT2D eigenvalue weighted by molar-refractivity contribution is 7.16. The molecule has 142 valence electrons. The number of nitrogens with zero attached hydrogens (tertiary/aromatic N) is 4. The SMILES string of the molecule is CN1CCN(Cc2nc3c(=O)sc4ccccc4c3n2-c2ccccc2)CC1. The van der Waals surface area contributed by atoms with Crippen molar-refractivity contribution in [2.24, 2.45) is 0 Å². The van der Waals surface area contributed by atoms with E-state index in [9.17, 15) is 4.79 Å². The summed E-state index contributed by atoms with van der Waals surface area (Å²) >= 11 is 1.28. The Balaban J connectivity index is 1.74. The standard InChI is InChI=1S/C22H22N4OS/c1-24-11-13-25(14-12-24)15-19-23-20-21(26(19)16-7-3-2-4-8-16)17-9-5-6-10-18(17)28-22(20)27/h2-10H,11-15H2,1H3. The zero-order valence-electron chi connectivity index (χ0n) is 15.8. The molecule has 3 heterocycles. The van der Waals surface area contributed by atoms with Crippen molar-refractivity contribution in [2.75, 3.05) is 33.2 Å². The fourth-order valence-corrected chi connectivity index (χ4v) is 4.78. The van der Waals surface area contributed by atoms with Crippen LogP contribution < -0.4 is 4.74 Å². The lowest BCUT2D eigenvalue weighted by Gasteiger charge is -2.32. The molecule has 0 N–H and O–H groups in total. The highest BCUT2D eigenvalue weighted by Gasteiger charge is 2.21. The predicted molar refractivity (Wildman–Crippen MR) is 115 cm³/mol. The molecule has 0 atom stereocenters. The number of fused-ring (bicyclic) bond motifs is 3. The third-order valence-electron chi connectivity index (χ3n) is 5.46. The van der Waals surface area contributed by atoms with E-state index in [1.54, 1.807) is 0 Å². The van der Waals surface area contributed by atoms with Crippen molar-refractivity contribution >= 4 is 32.5 Å². The summed E-state index contributed by atoms with van der Waals surface area (Å²) in [5.74, 6) is 0.936. The molecule has 2 aromatic heterocycles. The summed E-state index contributed by atoms with van der Waals surface area (Å²) in [6.07, 6.45) is 0. The third-order valence-corrected chi connectivity index (χ3v) is 6.42. The first-order valence-corrected chi connectivity index (χ1v) is 10.4. The Hall–Kier alpha value is -2.54. The van der Waals surface area contributed by atoms with Crippen molar-refractivity contribution in [1.29, 1.82) is 0 Å². The quantitative estimate of drug-likeness (QED) is 0.538. The van der Waals surface area contributed by atoms with Gasteiger partial charge in [-0.2, -0.15) is 0 Å². The van der Waals surface area contributed by atoms with Gasteiger partial charge in [0.25, 0.3) is 4.74 Å². The van der Waals surface area contributed by atoms with Crippen LogP contribution in [-0.2, 0) is 6.54 Å². The molecule has 0 amide bonds. The number of para-hydroxylation sites is 1. The van der Waals surface area contributed by atoms with Gasteiger partial charge >= 0.3 is 0 Å². The van der Waals surface area contributed by atoms with Crippen molar-refractivity contribution in [3.8, 4) is 5.69 Å². The van der Waals surface area contributed by atoms with Gasteiger partial charge < -0.3 is 4.90 Å². The average Bonchev–Trinajstić information content (AvgIpc) is 3.10. The first-order valence-electron chi connectivity index (χ1n) is 9.60. The number of aromatic nitrogens is 2. The van der Waals surface area contributed by atoms with Crippen LogP contribution in [0.4, 0.5) is 0 Å². The molecule has 0 radical (unpaired) electrons. The van der Waals surface area contributed by atoms with Crippen LogP contribution in [0.25, 0.3) is 26.8 Å². The third kappa shape index (κ3) is 3.03. The largest absolute Gasteiger partial charge is 0.304 e. The van der Waals surface area contributed by atoms with E-state index in [4.69, 9.17) is 4.98 Å². The van der Waals surface area contributed by atoms with Gasteiger partial charge in [-0.15, -0.1) is 0 Å². The molecule has 28 heavy (non-hydrogen) atoms. The van der Waals surface area contributed by atoms with Crippen LogP contribution in [0.2, 0.25) is 0 Å². The molecular formula is C22H22N4OS. The zero-order chi connectivity index (χ0) is 19.1. The van der Waals surface area contributed by atoms with Crippen LogP contribution in [0.3, 0.4) is 0 Å². The second-order valence-electron chi connectivity index (χ2n) is 7.36. The van der Waals surface area contributed by atoms with Gasteiger partial charge in [-0.05, 0) is 25.2 Å². The Kier molecular flexibility index (Phi) is 4.47. The maximum Gasteiger partial charge on any atom is 0.260 e. The Morgan fingerprint density at radius 1 is 0.964 bits per heavy atom. The molecule has 0 spiro atoms. The summed E-state index contributed by atoms with van der Waals surface area (Å²) in [6.45, 7) is 4.90. The molecule has 0 unspecified atom stereocenters. The average molecular weight is 391 g/mol. The van der Waals surface area contributed by atoms with Gasteiger partial charge in [-0.3, -0.25) is 14.3 Å². The number of hydrogen-bond donors (Lipinski definition) is 0. The lowest BCUT2D eigenvalue weighted by Crippen LogP contribution is -2.44. The van der Waals surface area contributed by atoms with Gasteiger partial charge in [0.2, 0.25) is 0 Å². The topological polar surface area (TPSA) is 41.4 Å². The molecule has 1 saturated heterocycles. The maximum atomic E-state index is 12.8. The lowest BCUT2D eigenvalue weighted by molar-refractivity contribution is 0.145. The number of imidazole rings is 1. The van der Waals surface area contributed by atoms with E-state index in [0.717, 1.165) is 59.8 Å². The molecule has 2 aromatic carbocycles. The van der Waals surface area contributed by atoms with Gasteiger partial charge in [0, 0.05) is 42.0 Å². The summed E-state index contributed by atoms with van der Waals surface area (Å²) in [6, 6.07) is 18.4. The molecular weight excluding hydrogens is 368 g/mol. The number of rotatable bonds is 3. The summed E-state index contributed by atoms with van der Waals surface area (Å²) in [4.78, 5) is 22.5. The van der Waals surface area contributed by atoms with E-state index >= 15 is 0 Å². The molecule has 0 aliphatic carbocycles. The van der Waals surface area contributed by atoms with Gasteiger partial charge in [-0.1, -0.05) is 47.7 Å². The second-order valence-corrected chi connectivity index (χ2v) is 8.38. The van der Waals surface area contributed by atoms with Crippen LogP contribution in [0.1, 0.15) is 5.82 Å². The first-order chi connectivity index (χ1) is 13.7. The second kappa shape index (κ2) is 7.13. The minimum absolute atomic E-state index is 0.0306. The number of likely N-dealkylation sites (N-methyl/N-ethyl adjacent to an activating group) is 1. The number of hydrogen-bond acceptors (Lipinski definition) is 5. The Bertz CT molecular complexity index is 1190. The summed E-state index contributed by atoms with van der Waals surface area (Å²) in [7, 11) is 2.16. The van der Waals surface area contributed by atoms with Gasteiger partial charge in [-0.25, -0.2) is 4.98 Å². The molecule has 6 heteroatoms. The summed E-state index contributed by atoms with van der Waals surface area (Å²) in [5, 5.41) is 1.09. The van der Waals surface area contributed by atoms with Crippen molar-refractivity contribution in [3.05, 3.63) is 70.0 Å². The van der Waals surface area contributed by atoms with Crippen LogP contribution in [0.15, 0.2) is 59.4 Å². The number of benzene rings is 2. The number of piperazine rings is 1. The van der Waals surface area contributed by atoms with Crippen LogP contribution in [0.5, 0.6) is 0 Å². The highest BCUT2D eigenvalue weighted by atomic mass is 32.1. The molecule has 1 fully saturated rings. The smallest absolute Gasteiger partial charge is 0.260 e. The maximum absolute atomic E-state index is 12.8. The summed E-state index contributed by atoms with van der Waals surface area (Å²) in [5.41, 5.74) is 2.56. The normalized spacial score (nSPS) is 16.2. The molecule has 0 saturated carbocycles. The molecule has 1 aliphatic heterocycles. The van der Waals surface area contributed by atoms with E-state index in [-0.39, 0.29) is 4.74 Å². The van der Waals surface area contributed by atoms with Gasteiger partial charge in [0.1, 0.15) is 11.3 Å². The minimum Gasteiger partial charge on any atom is -0.304 e. The fraction of sp³-hybridized carbons (Fsp3) is 0.273. The van der Waals surface area contributed by atoms with E-state index < -0.39 is 0 Å².